The lowest BCUT2D eigenvalue weighted by atomic mass is 9.85. The van der Waals surface area contributed by atoms with E-state index in [4.69, 9.17) is 4.74 Å². The monoisotopic (exact) mass is 303 g/mol. The minimum Gasteiger partial charge on any atom is -0.477 e. The van der Waals surface area contributed by atoms with Gasteiger partial charge >= 0.3 is 0 Å². The molecule has 2 heterocycles. The van der Waals surface area contributed by atoms with Crippen LogP contribution in [0.25, 0.3) is 10.2 Å². The molecule has 1 aliphatic rings. The molecule has 0 fully saturated rings. The number of aryl methyl sites for hydroxylation is 1. The first-order chi connectivity index (χ1) is 10.2. The van der Waals surface area contributed by atoms with E-state index in [1.165, 1.54) is 4.88 Å². The minimum atomic E-state index is 0.567. The Bertz CT molecular complexity index is 665. The van der Waals surface area contributed by atoms with Crippen LogP contribution in [0.3, 0.4) is 0 Å². The number of hydrogen-bond acceptors (Lipinski definition) is 5. The van der Waals surface area contributed by atoms with Crippen molar-refractivity contribution >= 4 is 27.5 Å². The average molecular weight is 303 g/mol. The highest BCUT2D eigenvalue weighted by atomic mass is 32.1. The molecule has 1 N–H and O–H groups in total. The van der Waals surface area contributed by atoms with Gasteiger partial charge in [0.25, 0.3) is 0 Å². The molecule has 0 radical (unpaired) electrons. The summed E-state index contributed by atoms with van der Waals surface area (Å²) < 4.78 is 6.07. The molecule has 3 rings (SSSR count). The van der Waals surface area contributed by atoms with Crippen molar-refractivity contribution in [3.8, 4) is 5.88 Å². The van der Waals surface area contributed by atoms with Gasteiger partial charge in [-0.1, -0.05) is 19.1 Å². The Morgan fingerprint density at radius 1 is 1.33 bits per heavy atom. The van der Waals surface area contributed by atoms with Crippen LogP contribution in [0, 0.1) is 18.8 Å². The van der Waals surface area contributed by atoms with Gasteiger partial charge < -0.3 is 10.1 Å². The van der Waals surface area contributed by atoms with E-state index in [0.29, 0.717) is 23.7 Å². The molecule has 0 aromatic carbocycles. The predicted octanol–water partition coefficient (Wildman–Crippen LogP) is 4.02. The summed E-state index contributed by atoms with van der Waals surface area (Å²) in [6.45, 7) is 5.10. The Hall–Kier alpha value is -1.62. The van der Waals surface area contributed by atoms with Gasteiger partial charge in [-0.15, -0.1) is 11.3 Å². The average Bonchev–Trinajstić information content (AvgIpc) is 2.86. The SMILES string of the molecule is CNc1nc(OCC2CC=CCC2C)c2cc(C)sc2n1. The van der Waals surface area contributed by atoms with Gasteiger partial charge in [0, 0.05) is 11.9 Å². The molecule has 0 amide bonds. The molecule has 4 nitrogen and oxygen atoms in total. The van der Waals surface area contributed by atoms with Crippen LogP contribution >= 0.6 is 11.3 Å². The summed E-state index contributed by atoms with van der Waals surface area (Å²) >= 11 is 1.68. The summed E-state index contributed by atoms with van der Waals surface area (Å²) in [6.07, 6.45) is 6.77. The molecule has 0 bridgehead atoms. The molecule has 2 aromatic rings. The van der Waals surface area contributed by atoms with Crippen LogP contribution in [0.5, 0.6) is 5.88 Å². The molecule has 21 heavy (non-hydrogen) atoms. The third-order valence-corrected chi connectivity index (χ3v) is 5.00. The van der Waals surface area contributed by atoms with Crippen molar-refractivity contribution in [1.82, 2.24) is 9.97 Å². The lowest BCUT2D eigenvalue weighted by molar-refractivity contribution is 0.195. The fourth-order valence-corrected chi connectivity index (χ4v) is 3.53. The van der Waals surface area contributed by atoms with E-state index in [9.17, 15) is 0 Å². The maximum atomic E-state index is 6.07. The molecule has 0 saturated carbocycles. The van der Waals surface area contributed by atoms with Crippen LogP contribution < -0.4 is 10.1 Å². The minimum absolute atomic E-state index is 0.567. The van der Waals surface area contributed by atoms with Crippen LogP contribution in [0.1, 0.15) is 24.6 Å². The molecular formula is C16H21N3OS. The summed E-state index contributed by atoms with van der Waals surface area (Å²) in [6, 6.07) is 2.11. The predicted molar refractivity (Wildman–Crippen MR) is 88.2 cm³/mol. The van der Waals surface area contributed by atoms with Gasteiger partial charge in [-0.05, 0) is 37.7 Å². The zero-order valence-electron chi connectivity index (χ0n) is 12.7. The first-order valence-corrected chi connectivity index (χ1v) is 8.22. The van der Waals surface area contributed by atoms with Crippen molar-refractivity contribution in [2.45, 2.75) is 26.7 Å². The zero-order chi connectivity index (χ0) is 14.8. The molecule has 0 saturated heterocycles. The van der Waals surface area contributed by atoms with Gasteiger partial charge in [-0.25, -0.2) is 4.98 Å². The molecule has 2 unspecified atom stereocenters. The highest BCUT2D eigenvalue weighted by molar-refractivity contribution is 7.18. The normalized spacial score (nSPS) is 21.7. The first-order valence-electron chi connectivity index (χ1n) is 7.41. The Morgan fingerprint density at radius 3 is 2.90 bits per heavy atom. The number of ether oxygens (including phenoxy) is 1. The standard InChI is InChI=1S/C16H21N3OS/c1-10-6-4-5-7-12(10)9-20-14-13-8-11(2)21-15(13)19-16(17-3)18-14/h4-5,8,10,12H,6-7,9H2,1-3H3,(H,17,18,19). The van der Waals surface area contributed by atoms with E-state index in [-0.39, 0.29) is 0 Å². The van der Waals surface area contributed by atoms with Gasteiger partial charge in [-0.3, -0.25) is 0 Å². The lowest BCUT2D eigenvalue weighted by Crippen LogP contribution is -2.21. The Kier molecular flexibility index (Phi) is 4.10. The second-order valence-corrected chi connectivity index (χ2v) is 6.90. The number of hydrogen-bond donors (Lipinski definition) is 1. The fraction of sp³-hybridized carbons (Fsp3) is 0.500. The molecule has 112 valence electrons. The van der Waals surface area contributed by atoms with Gasteiger partial charge in [0.15, 0.2) is 0 Å². The fourth-order valence-electron chi connectivity index (χ4n) is 2.66. The van der Waals surface area contributed by atoms with Crippen molar-refractivity contribution in [2.24, 2.45) is 11.8 Å². The van der Waals surface area contributed by atoms with E-state index in [2.05, 4.69) is 47.4 Å². The number of thiophene rings is 1. The lowest BCUT2D eigenvalue weighted by Gasteiger charge is -2.25. The second kappa shape index (κ2) is 6.02. The summed E-state index contributed by atoms with van der Waals surface area (Å²) in [4.78, 5) is 11.2. The molecular weight excluding hydrogens is 282 g/mol. The van der Waals surface area contributed by atoms with E-state index in [0.717, 1.165) is 29.7 Å². The number of anilines is 1. The summed E-state index contributed by atoms with van der Waals surface area (Å²) in [5.41, 5.74) is 0. The van der Waals surface area contributed by atoms with E-state index < -0.39 is 0 Å². The number of nitrogens with one attached hydrogen (secondary N) is 1. The van der Waals surface area contributed by atoms with E-state index >= 15 is 0 Å². The van der Waals surface area contributed by atoms with E-state index in [1.54, 1.807) is 11.3 Å². The van der Waals surface area contributed by atoms with Crippen molar-refractivity contribution in [3.63, 3.8) is 0 Å². The van der Waals surface area contributed by atoms with Crippen LogP contribution in [-0.2, 0) is 0 Å². The Balaban J connectivity index is 1.83. The molecule has 2 atom stereocenters. The zero-order valence-corrected chi connectivity index (χ0v) is 13.5. The maximum absolute atomic E-state index is 6.07. The van der Waals surface area contributed by atoms with Gasteiger partial charge in [0.05, 0.1) is 12.0 Å². The largest absolute Gasteiger partial charge is 0.477 e. The topological polar surface area (TPSA) is 47.0 Å². The first kappa shape index (κ1) is 14.3. The highest BCUT2D eigenvalue weighted by Crippen LogP contribution is 2.32. The van der Waals surface area contributed by atoms with Gasteiger partial charge in [-0.2, -0.15) is 4.98 Å². The Morgan fingerprint density at radius 2 is 2.14 bits per heavy atom. The van der Waals surface area contributed by atoms with Crippen LogP contribution in [-0.4, -0.2) is 23.6 Å². The van der Waals surface area contributed by atoms with Crippen LogP contribution in [0.15, 0.2) is 18.2 Å². The molecule has 0 spiro atoms. The summed E-state index contributed by atoms with van der Waals surface area (Å²) in [5.74, 6) is 2.56. The van der Waals surface area contributed by atoms with Crippen LogP contribution in [0.4, 0.5) is 5.95 Å². The third kappa shape index (κ3) is 3.02. The van der Waals surface area contributed by atoms with Crippen molar-refractivity contribution < 1.29 is 4.74 Å². The Labute approximate surface area is 129 Å². The number of rotatable bonds is 4. The number of nitrogens with zero attached hydrogens (tertiary/aromatic N) is 2. The van der Waals surface area contributed by atoms with Crippen molar-refractivity contribution in [2.75, 3.05) is 19.0 Å². The number of allylic oxidation sites excluding steroid dienone is 2. The number of aromatic nitrogens is 2. The second-order valence-electron chi connectivity index (χ2n) is 5.67. The highest BCUT2D eigenvalue weighted by Gasteiger charge is 2.20. The van der Waals surface area contributed by atoms with Crippen molar-refractivity contribution in [3.05, 3.63) is 23.1 Å². The number of fused-ring (bicyclic) bond motifs is 1. The maximum Gasteiger partial charge on any atom is 0.227 e. The van der Waals surface area contributed by atoms with Crippen molar-refractivity contribution in [1.29, 1.82) is 0 Å². The quantitative estimate of drug-likeness (QED) is 0.867. The van der Waals surface area contributed by atoms with Gasteiger partial charge in [0.2, 0.25) is 11.8 Å². The van der Waals surface area contributed by atoms with E-state index in [1.807, 2.05) is 7.05 Å². The summed E-state index contributed by atoms with van der Waals surface area (Å²) in [7, 11) is 1.83. The molecule has 5 heteroatoms. The molecule has 0 aliphatic heterocycles. The third-order valence-electron chi connectivity index (χ3n) is 4.06. The van der Waals surface area contributed by atoms with Gasteiger partial charge in [0.1, 0.15) is 4.83 Å². The molecule has 1 aliphatic carbocycles. The van der Waals surface area contributed by atoms with Crippen LogP contribution in [0.2, 0.25) is 0 Å². The summed E-state index contributed by atoms with van der Waals surface area (Å²) in [5, 5.41) is 4.03. The smallest absolute Gasteiger partial charge is 0.227 e. The molecule has 2 aromatic heterocycles.